The molecule has 0 atom stereocenters. The highest BCUT2D eigenvalue weighted by atomic mass is 16.4. The topological polar surface area (TPSA) is 82.4 Å². The van der Waals surface area contributed by atoms with E-state index in [2.05, 4.69) is 15.3 Å². The Kier molecular flexibility index (Phi) is 2.68. The lowest BCUT2D eigenvalue weighted by molar-refractivity contribution is 0.0693. The molecule has 0 saturated heterocycles. The highest BCUT2D eigenvalue weighted by Gasteiger charge is 2.15. The van der Waals surface area contributed by atoms with Gasteiger partial charge in [-0.15, -0.1) is 0 Å². The maximum absolute atomic E-state index is 11.2. The first-order chi connectivity index (χ1) is 9.25. The van der Waals surface area contributed by atoms with Crippen molar-refractivity contribution in [3.63, 3.8) is 0 Å². The van der Waals surface area contributed by atoms with E-state index in [0.717, 1.165) is 5.69 Å². The molecule has 0 aromatic carbocycles. The molecule has 3 rings (SSSR count). The maximum atomic E-state index is 11.2. The molecule has 6 heteroatoms. The Balaban J connectivity index is 1.97. The Hall–Kier alpha value is -2.76. The van der Waals surface area contributed by atoms with Crippen LogP contribution in [0.15, 0.2) is 42.9 Å². The zero-order valence-corrected chi connectivity index (χ0v) is 10.00. The van der Waals surface area contributed by atoms with Gasteiger partial charge in [-0.2, -0.15) is 0 Å². The number of carboxylic acids is 1. The molecule has 0 unspecified atom stereocenters. The monoisotopic (exact) mass is 256 g/mol. The van der Waals surface area contributed by atoms with Crippen molar-refractivity contribution >= 4 is 17.2 Å². The highest BCUT2D eigenvalue weighted by Crippen LogP contribution is 2.14. The van der Waals surface area contributed by atoms with Gasteiger partial charge >= 0.3 is 5.97 Å². The number of hydrogen-bond donors (Lipinski definition) is 3. The number of aromatic nitrogens is 3. The molecule has 96 valence electrons. The van der Waals surface area contributed by atoms with Crippen LogP contribution in [-0.2, 0) is 6.54 Å². The van der Waals surface area contributed by atoms with E-state index in [9.17, 15) is 4.79 Å². The number of carboxylic acid groups (broad SMARTS) is 1. The fraction of sp³-hybridized carbons (Fsp3) is 0.0769. The third kappa shape index (κ3) is 2.03. The minimum Gasteiger partial charge on any atom is -0.476 e. The van der Waals surface area contributed by atoms with Gasteiger partial charge < -0.3 is 19.8 Å². The first-order valence-electron chi connectivity index (χ1n) is 5.81. The number of nitrogens with one attached hydrogen (secondary N) is 2. The van der Waals surface area contributed by atoms with Crippen molar-refractivity contribution in [2.24, 2.45) is 0 Å². The Bertz CT molecular complexity index is 715. The van der Waals surface area contributed by atoms with Gasteiger partial charge in [0.1, 0.15) is 5.82 Å². The fourth-order valence-corrected chi connectivity index (χ4v) is 2.00. The number of imidazole rings is 1. The molecule has 3 aromatic heterocycles. The van der Waals surface area contributed by atoms with E-state index in [1.165, 1.54) is 0 Å². The molecule has 0 aliphatic rings. The first kappa shape index (κ1) is 11.3. The number of aromatic amines is 1. The maximum Gasteiger partial charge on any atom is 0.356 e. The van der Waals surface area contributed by atoms with Crippen molar-refractivity contribution < 1.29 is 9.90 Å². The molecule has 0 radical (unpaired) electrons. The van der Waals surface area contributed by atoms with Crippen molar-refractivity contribution in [3.05, 3.63) is 54.4 Å². The molecule has 3 N–H and O–H groups in total. The van der Waals surface area contributed by atoms with Gasteiger partial charge in [0.05, 0.1) is 17.7 Å². The normalized spacial score (nSPS) is 10.7. The number of aromatic carboxylic acids is 1. The predicted molar refractivity (Wildman–Crippen MR) is 70.3 cm³/mol. The van der Waals surface area contributed by atoms with E-state index >= 15 is 0 Å². The molecule has 0 spiro atoms. The van der Waals surface area contributed by atoms with Crippen molar-refractivity contribution in [1.82, 2.24) is 14.4 Å². The molecule has 0 fully saturated rings. The second kappa shape index (κ2) is 4.49. The van der Waals surface area contributed by atoms with Crippen LogP contribution in [0.5, 0.6) is 0 Å². The summed E-state index contributed by atoms with van der Waals surface area (Å²) in [5, 5.41) is 12.3. The number of nitrogens with zero attached hydrogens (tertiary/aromatic N) is 2. The summed E-state index contributed by atoms with van der Waals surface area (Å²) in [5.41, 5.74) is 1.61. The number of carbonyl (C=O) groups is 1. The number of H-pyrrole nitrogens is 1. The van der Waals surface area contributed by atoms with E-state index in [1.807, 2.05) is 30.7 Å². The van der Waals surface area contributed by atoms with Gasteiger partial charge in [-0.3, -0.25) is 0 Å². The Morgan fingerprint density at radius 1 is 1.42 bits per heavy atom. The lowest BCUT2D eigenvalue weighted by Gasteiger charge is -2.02. The smallest absolute Gasteiger partial charge is 0.356 e. The zero-order chi connectivity index (χ0) is 13.2. The van der Waals surface area contributed by atoms with Crippen LogP contribution in [0.25, 0.3) is 5.52 Å². The van der Waals surface area contributed by atoms with Gasteiger partial charge in [-0.1, -0.05) is 6.07 Å². The van der Waals surface area contributed by atoms with Crippen molar-refractivity contribution in [2.75, 3.05) is 5.32 Å². The minimum atomic E-state index is -1.02. The van der Waals surface area contributed by atoms with E-state index < -0.39 is 5.97 Å². The molecule has 0 bridgehead atoms. The zero-order valence-electron chi connectivity index (χ0n) is 10.00. The molecule has 0 saturated carbocycles. The molecule has 3 aromatic rings. The van der Waals surface area contributed by atoms with Crippen LogP contribution in [0.4, 0.5) is 5.69 Å². The minimum absolute atomic E-state index is 0.0754. The number of rotatable bonds is 4. The number of fused-ring (bicyclic) bond motifs is 1. The van der Waals surface area contributed by atoms with Crippen LogP contribution in [-0.4, -0.2) is 25.4 Å². The average molecular weight is 256 g/mol. The third-order valence-corrected chi connectivity index (χ3v) is 2.87. The highest BCUT2D eigenvalue weighted by molar-refractivity contribution is 5.93. The standard InChI is InChI=1S/C13H12N4O2/c18-13(19)12-10-3-1-2-6-17(10)11(16-12)8-15-9-4-5-14-7-9/h1-7,14-15H,8H2,(H,18,19). The number of pyridine rings is 1. The van der Waals surface area contributed by atoms with Crippen LogP contribution < -0.4 is 5.32 Å². The van der Waals surface area contributed by atoms with Crippen LogP contribution in [0.1, 0.15) is 16.3 Å². The summed E-state index contributed by atoms with van der Waals surface area (Å²) in [4.78, 5) is 18.3. The summed E-state index contributed by atoms with van der Waals surface area (Å²) in [5.74, 6) is -0.356. The fourth-order valence-electron chi connectivity index (χ4n) is 2.00. The summed E-state index contributed by atoms with van der Waals surface area (Å²) in [6, 6.07) is 7.29. The van der Waals surface area contributed by atoms with Gasteiger partial charge in [-0.25, -0.2) is 9.78 Å². The lowest BCUT2D eigenvalue weighted by Crippen LogP contribution is -2.03. The predicted octanol–water partition coefficient (Wildman–Crippen LogP) is 1.97. The molecule has 0 aliphatic carbocycles. The van der Waals surface area contributed by atoms with Crippen molar-refractivity contribution in [1.29, 1.82) is 0 Å². The molecule has 3 heterocycles. The molecule has 0 aliphatic heterocycles. The first-order valence-corrected chi connectivity index (χ1v) is 5.81. The molecule has 19 heavy (non-hydrogen) atoms. The SMILES string of the molecule is O=C(O)c1nc(CNc2cc[nH]c2)n2ccccc12. The van der Waals surface area contributed by atoms with Crippen LogP contribution in [0.2, 0.25) is 0 Å². The Morgan fingerprint density at radius 2 is 2.32 bits per heavy atom. The van der Waals surface area contributed by atoms with Gasteiger partial charge in [0.2, 0.25) is 0 Å². The summed E-state index contributed by atoms with van der Waals surface area (Å²) >= 11 is 0. The molecular weight excluding hydrogens is 244 g/mol. The largest absolute Gasteiger partial charge is 0.476 e. The summed E-state index contributed by atoms with van der Waals surface area (Å²) in [7, 11) is 0. The van der Waals surface area contributed by atoms with E-state index in [1.54, 1.807) is 16.5 Å². The van der Waals surface area contributed by atoms with Crippen molar-refractivity contribution in [2.45, 2.75) is 6.54 Å². The second-order valence-electron chi connectivity index (χ2n) is 4.09. The summed E-state index contributed by atoms with van der Waals surface area (Å²) in [6.45, 7) is 0.455. The van der Waals surface area contributed by atoms with E-state index in [-0.39, 0.29) is 5.69 Å². The average Bonchev–Trinajstić information content (AvgIpc) is 3.04. The van der Waals surface area contributed by atoms with E-state index in [4.69, 9.17) is 5.11 Å². The van der Waals surface area contributed by atoms with Gasteiger partial charge in [0, 0.05) is 18.6 Å². The molecular formula is C13H12N4O2. The molecule has 0 amide bonds. The lowest BCUT2D eigenvalue weighted by atomic mass is 10.3. The third-order valence-electron chi connectivity index (χ3n) is 2.87. The number of hydrogen-bond acceptors (Lipinski definition) is 3. The van der Waals surface area contributed by atoms with Crippen LogP contribution in [0, 0.1) is 0 Å². The summed E-state index contributed by atoms with van der Waals surface area (Å²) < 4.78 is 1.78. The van der Waals surface area contributed by atoms with E-state index in [0.29, 0.717) is 17.9 Å². The van der Waals surface area contributed by atoms with Gasteiger partial charge in [-0.05, 0) is 18.2 Å². The molecule has 6 nitrogen and oxygen atoms in total. The quantitative estimate of drug-likeness (QED) is 0.666. The van der Waals surface area contributed by atoms with Crippen LogP contribution in [0.3, 0.4) is 0 Å². The van der Waals surface area contributed by atoms with Gasteiger partial charge in [0.15, 0.2) is 5.69 Å². The Labute approximate surface area is 108 Å². The second-order valence-corrected chi connectivity index (χ2v) is 4.09. The van der Waals surface area contributed by atoms with Crippen LogP contribution >= 0.6 is 0 Å². The number of anilines is 1. The Morgan fingerprint density at radius 3 is 3.05 bits per heavy atom. The van der Waals surface area contributed by atoms with Gasteiger partial charge in [0.25, 0.3) is 0 Å². The van der Waals surface area contributed by atoms with Crippen molar-refractivity contribution in [3.8, 4) is 0 Å². The summed E-state index contributed by atoms with van der Waals surface area (Å²) in [6.07, 6.45) is 5.45.